The number of carboxylic acid groups (broad SMARTS) is 1. The van der Waals surface area contributed by atoms with Gasteiger partial charge in [0.15, 0.2) is 0 Å². The molecule has 0 bridgehead atoms. The van der Waals surface area contributed by atoms with E-state index in [0.717, 1.165) is 12.0 Å². The van der Waals surface area contributed by atoms with E-state index in [0.29, 0.717) is 13.1 Å². The zero-order chi connectivity index (χ0) is 14.5. The molecule has 0 fully saturated rings. The molecule has 4 nitrogen and oxygen atoms in total. The van der Waals surface area contributed by atoms with Crippen LogP contribution in [0.4, 0.5) is 0 Å². The standard InChI is InChI=1S/C15H23NO3/c1-4-11(2)15(3,19)10-16-9-12-6-5-7-13(8-12)14(17)18/h5-8,11,16,19H,4,9-10H2,1-3H3,(H,17,18). The fraction of sp³-hybridized carbons (Fsp3) is 0.533. The minimum absolute atomic E-state index is 0.213. The lowest BCUT2D eigenvalue weighted by Gasteiger charge is -2.30. The highest BCUT2D eigenvalue weighted by molar-refractivity contribution is 5.87. The fourth-order valence-electron chi connectivity index (χ4n) is 1.89. The van der Waals surface area contributed by atoms with Crippen LogP contribution in [0.1, 0.15) is 43.1 Å². The first-order valence-electron chi connectivity index (χ1n) is 6.62. The van der Waals surface area contributed by atoms with Gasteiger partial charge in [0.25, 0.3) is 0 Å². The number of carboxylic acids is 1. The van der Waals surface area contributed by atoms with Crippen molar-refractivity contribution in [2.45, 2.75) is 39.3 Å². The monoisotopic (exact) mass is 265 g/mol. The number of rotatable bonds is 7. The molecule has 0 aliphatic heterocycles. The summed E-state index contributed by atoms with van der Waals surface area (Å²) in [5.74, 6) is -0.709. The van der Waals surface area contributed by atoms with Crippen LogP contribution in [0, 0.1) is 5.92 Å². The van der Waals surface area contributed by atoms with E-state index in [1.165, 1.54) is 0 Å². The van der Waals surface area contributed by atoms with Crippen molar-refractivity contribution >= 4 is 5.97 Å². The molecule has 4 heteroatoms. The van der Waals surface area contributed by atoms with Crippen LogP contribution in [0.15, 0.2) is 24.3 Å². The zero-order valence-electron chi connectivity index (χ0n) is 11.8. The van der Waals surface area contributed by atoms with E-state index in [1.807, 2.05) is 19.9 Å². The van der Waals surface area contributed by atoms with Crippen molar-refractivity contribution in [1.82, 2.24) is 5.32 Å². The summed E-state index contributed by atoms with van der Waals surface area (Å²) in [5, 5.41) is 22.3. The van der Waals surface area contributed by atoms with Gasteiger partial charge in [-0.15, -0.1) is 0 Å². The molecule has 0 radical (unpaired) electrons. The molecule has 2 atom stereocenters. The van der Waals surface area contributed by atoms with Gasteiger partial charge in [-0.3, -0.25) is 0 Å². The molecule has 0 saturated carbocycles. The van der Waals surface area contributed by atoms with Gasteiger partial charge < -0.3 is 15.5 Å². The summed E-state index contributed by atoms with van der Waals surface area (Å²) < 4.78 is 0. The maximum atomic E-state index is 10.9. The van der Waals surface area contributed by atoms with Gasteiger partial charge in [0.05, 0.1) is 11.2 Å². The van der Waals surface area contributed by atoms with E-state index >= 15 is 0 Å². The Hall–Kier alpha value is -1.39. The topological polar surface area (TPSA) is 69.6 Å². The summed E-state index contributed by atoms with van der Waals surface area (Å²) >= 11 is 0. The van der Waals surface area contributed by atoms with Gasteiger partial charge in [-0.05, 0) is 30.5 Å². The van der Waals surface area contributed by atoms with Crippen molar-refractivity contribution in [2.24, 2.45) is 5.92 Å². The number of carbonyl (C=O) groups is 1. The maximum Gasteiger partial charge on any atom is 0.335 e. The highest BCUT2D eigenvalue weighted by Gasteiger charge is 2.26. The summed E-state index contributed by atoms with van der Waals surface area (Å²) in [6.45, 7) is 6.93. The molecule has 3 N–H and O–H groups in total. The van der Waals surface area contributed by atoms with Crippen molar-refractivity contribution in [2.75, 3.05) is 6.54 Å². The van der Waals surface area contributed by atoms with Gasteiger partial charge in [-0.1, -0.05) is 32.4 Å². The quantitative estimate of drug-likeness (QED) is 0.707. The molecule has 2 unspecified atom stereocenters. The molecular weight excluding hydrogens is 242 g/mol. The lowest BCUT2D eigenvalue weighted by Crippen LogP contribution is -2.42. The van der Waals surface area contributed by atoms with Crippen LogP contribution in [0.3, 0.4) is 0 Å². The van der Waals surface area contributed by atoms with Crippen molar-refractivity contribution in [1.29, 1.82) is 0 Å². The van der Waals surface area contributed by atoms with E-state index in [4.69, 9.17) is 5.11 Å². The van der Waals surface area contributed by atoms with Crippen LogP contribution in [0.25, 0.3) is 0 Å². The molecule has 1 rings (SSSR count). The van der Waals surface area contributed by atoms with Gasteiger partial charge in [-0.25, -0.2) is 4.79 Å². The third-order valence-electron chi connectivity index (χ3n) is 3.66. The number of nitrogens with one attached hydrogen (secondary N) is 1. The second-order valence-electron chi connectivity index (χ2n) is 5.28. The fourth-order valence-corrected chi connectivity index (χ4v) is 1.89. The Morgan fingerprint density at radius 1 is 1.47 bits per heavy atom. The predicted octanol–water partition coefficient (Wildman–Crippen LogP) is 2.27. The van der Waals surface area contributed by atoms with E-state index in [9.17, 15) is 9.90 Å². The zero-order valence-corrected chi connectivity index (χ0v) is 11.8. The number of hydrogen-bond donors (Lipinski definition) is 3. The number of aromatic carboxylic acids is 1. The van der Waals surface area contributed by atoms with Crippen LogP contribution in [-0.4, -0.2) is 28.3 Å². The third kappa shape index (κ3) is 4.65. The van der Waals surface area contributed by atoms with Crippen molar-refractivity contribution in [3.05, 3.63) is 35.4 Å². The molecule has 1 aromatic rings. The van der Waals surface area contributed by atoms with Crippen LogP contribution in [0.5, 0.6) is 0 Å². The lowest BCUT2D eigenvalue weighted by atomic mass is 9.88. The van der Waals surface area contributed by atoms with Gasteiger partial charge >= 0.3 is 5.97 Å². The molecule has 0 heterocycles. The largest absolute Gasteiger partial charge is 0.478 e. The molecule has 0 aromatic heterocycles. The molecule has 0 saturated heterocycles. The third-order valence-corrected chi connectivity index (χ3v) is 3.66. The first-order chi connectivity index (χ1) is 8.86. The molecule has 0 spiro atoms. The summed E-state index contributed by atoms with van der Waals surface area (Å²) in [7, 11) is 0. The summed E-state index contributed by atoms with van der Waals surface area (Å²) in [5.41, 5.74) is 0.437. The van der Waals surface area contributed by atoms with Crippen LogP contribution in [-0.2, 0) is 6.54 Å². The first kappa shape index (κ1) is 15.7. The second-order valence-corrected chi connectivity index (χ2v) is 5.28. The lowest BCUT2D eigenvalue weighted by molar-refractivity contribution is 0.00533. The Bertz CT molecular complexity index is 429. The van der Waals surface area contributed by atoms with Crippen LogP contribution < -0.4 is 5.32 Å². The molecule has 0 aliphatic carbocycles. The summed E-state index contributed by atoms with van der Waals surface area (Å²) in [6, 6.07) is 6.82. The molecule has 0 aliphatic rings. The number of hydrogen-bond acceptors (Lipinski definition) is 3. The minimum Gasteiger partial charge on any atom is -0.478 e. The highest BCUT2D eigenvalue weighted by atomic mass is 16.4. The number of aliphatic hydroxyl groups is 1. The van der Waals surface area contributed by atoms with E-state index < -0.39 is 11.6 Å². The van der Waals surface area contributed by atoms with Crippen LogP contribution >= 0.6 is 0 Å². The Labute approximate surface area is 114 Å². The van der Waals surface area contributed by atoms with Crippen molar-refractivity contribution in [3.63, 3.8) is 0 Å². The Balaban J connectivity index is 2.54. The average molecular weight is 265 g/mol. The SMILES string of the molecule is CCC(C)C(C)(O)CNCc1cccc(C(=O)O)c1. The smallest absolute Gasteiger partial charge is 0.335 e. The predicted molar refractivity (Wildman–Crippen MR) is 75.2 cm³/mol. The second kappa shape index (κ2) is 6.68. The maximum absolute atomic E-state index is 10.9. The van der Waals surface area contributed by atoms with E-state index in [-0.39, 0.29) is 11.5 Å². The van der Waals surface area contributed by atoms with Gasteiger partial charge in [0.1, 0.15) is 0 Å². The van der Waals surface area contributed by atoms with Crippen LogP contribution in [0.2, 0.25) is 0 Å². The molecular formula is C15H23NO3. The Morgan fingerprint density at radius 2 is 2.16 bits per heavy atom. The molecule has 106 valence electrons. The normalized spacial score (nSPS) is 15.8. The van der Waals surface area contributed by atoms with Gasteiger partial charge in [0.2, 0.25) is 0 Å². The highest BCUT2D eigenvalue weighted by Crippen LogP contribution is 2.19. The summed E-state index contributed by atoms with van der Waals surface area (Å²) in [4.78, 5) is 10.9. The average Bonchev–Trinajstić information content (AvgIpc) is 2.37. The Morgan fingerprint density at radius 3 is 2.74 bits per heavy atom. The molecule has 0 amide bonds. The molecule has 19 heavy (non-hydrogen) atoms. The number of benzene rings is 1. The molecule has 1 aromatic carbocycles. The van der Waals surface area contributed by atoms with E-state index in [1.54, 1.807) is 18.2 Å². The van der Waals surface area contributed by atoms with Crippen molar-refractivity contribution < 1.29 is 15.0 Å². The van der Waals surface area contributed by atoms with Gasteiger partial charge in [0, 0.05) is 13.1 Å². The Kier molecular flexibility index (Phi) is 5.51. The summed E-state index contributed by atoms with van der Waals surface area (Å²) in [6.07, 6.45) is 0.920. The van der Waals surface area contributed by atoms with Crippen molar-refractivity contribution in [3.8, 4) is 0 Å². The van der Waals surface area contributed by atoms with Gasteiger partial charge in [-0.2, -0.15) is 0 Å². The van der Waals surface area contributed by atoms with E-state index in [2.05, 4.69) is 12.2 Å². The first-order valence-corrected chi connectivity index (χ1v) is 6.62. The minimum atomic E-state index is -0.923.